The molecule has 0 saturated carbocycles. The molecule has 4 aromatic rings. The number of aliphatic hydroxyl groups is 1. The lowest BCUT2D eigenvalue weighted by Gasteiger charge is -2.25. The van der Waals surface area contributed by atoms with Crippen molar-refractivity contribution >= 4 is 62.9 Å². The molecular weight excluding hydrogens is 592 g/mol. The number of amides is 1. The quantitative estimate of drug-likeness (QED) is 0.131. The second kappa shape index (κ2) is 11.6. The summed E-state index contributed by atoms with van der Waals surface area (Å²) >= 11 is 9.84. The summed E-state index contributed by atoms with van der Waals surface area (Å²) in [4.78, 5) is 33.4. The van der Waals surface area contributed by atoms with Gasteiger partial charge < -0.3 is 14.6 Å². The number of aryl methyl sites for hydroxylation is 2. The first-order valence-electron chi connectivity index (χ1n) is 11.9. The normalized spacial score (nSPS) is 15.2. The molecule has 2 aromatic carbocycles. The molecule has 40 heavy (non-hydrogen) atoms. The Morgan fingerprint density at radius 1 is 1.10 bits per heavy atom. The number of thiazole rings is 1. The van der Waals surface area contributed by atoms with E-state index in [0.29, 0.717) is 47.8 Å². The highest BCUT2D eigenvalue weighted by Gasteiger charge is 2.47. The topological polar surface area (TPSA) is 115 Å². The summed E-state index contributed by atoms with van der Waals surface area (Å²) in [7, 11) is 3.01. The second-order valence-corrected chi connectivity index (χ2v) is 12.5. The van der Waals surface area contributed by atoms with Crippen LogP contribution in [-0.4, -0.2) is 46.2 Å². The van der Waals surface area contributed by atoms with Gasteiger partial charge in [0.2, 0.25) is 10.9 Å². The maximum atomic E-state index is 13.9. The number of halogens is 1. The number of hydrogen-bond donors (Lipinski definition) is 1. The standard InChI is InChI=1S/C27H23ClN4O5S3/c1-13-24(39-14(2)29-13)22(33)20-21(18-10-9-17(36-3)11-19(18)37-4)32(25(35)23(20)34)26-30-31-27(40-26)38-12-15-5-7-16(28)8-6-15/h5-11,21,34H,12H2,1-4H3. The lowest BCUT2D eigenvalue weighted by Crippen LogP contribution is -2.31. The van der Waals surface area contributed by atoms with E-state index in [1.54, 1.807) is 32.0 Å². The number of ether oxygens (including phenoxy) is 2. The molecule has 206 valence electrons. The van der Waals surface area contributed by atoms with Crippen molar-refractivity contribution in [2.45, 2.75) is 30.0 Å². The van der Waals surface area contributed by atoms with E-state index in [0.717, 1.165) is 5.56 Å². The summed E-state index contributed by atoms with van der Waals surface area (Å²) in [5, 5.41) is 21.2. The van der Waals surface area contributed by atoms with Crippen LogP contribution in [-0.2, 0) is 10.5 Å². The van der Waals surface area contributed by atoms with Gasteiger partial charge in [0.25, 0.3) is 5.91 Å². The smallest absolute Gasteiger partial charge is 0.296 e. The SMILES string of the molecule is COc1ccc(C2C(C(=O)c3sc(C)nc3C)=C(O)C(=O)N2c2nnc(SCc3ccc(Cl)cc3)s2)c(OC)c1. The zero-order valence-corrected chi connectivity index (χ0v) is 25.0. The van der Waals surface area contributed by atoms with E-state index in [9.17, 15) is 14.7 Å². The lowest BCUT2D eigenvalue weighted by molar-refractivity contribution is -0.117. The van der Waals surface area contributed by atoms with Crippen LogP contribution in [0, 0.1) is 13.8 Å². The fraction of sp³-hybridized carbons (Fsp3) is 0.222. The molecule has 0 aliphatic carbocycles. The van der Waals surface area contributed by atoms with Crippen LogP contribution in [0.5, 0.6) is 11.5 Å². The van der Waals surface area contributed by atoms with Gasteiger partial charge in [-0.3, -0.25) is 14.5 Å². The minimum atomic E-state index is -1.02. The van der Waals surface area contributed by atoms with Crippen molar-refractivity contribution in [3.05, 3.63) is 85.5 Å². The molecule has 0 radical (unpaired) electrons. The largest absolute Gasteiger partial charge is 0.503 e. The Bertz CT molecular complexity index is 1630. The lowest BCUT2D eigenvalue weighted by atomic mass is 9.94. The van der Waals surface area contributed by atoms with Gasteiger partial charge in [0.1, 0.15) is 17.5 Å². The third-order valence-corrected chi connectivity index (χ3v) is 9.63. The number of benzene rings is 2. The third-order valence-electron chi connectivity index (χ3n) is 6.18. The first-order valence-corrected chi connectivity index (χ1v) is 14.9. The summed E-state index contributed by atoms with van der Waals surface area (Å²) in [5.74, 6) is -0.364. The Morgan fingerprint density at radius 2 is 1.85 bits per heavy atom. The molecule has 1 N–H and O–H groups in total. The zero-order valence-electron chi connectivity index (χ0n) is 21.8. The number of thioether (sulfide) groups is 1. The van der Waals surface area contributed by atoms with Crippen LogP contribution >= 0.6 is 46.0 Å². The predicted octanol–water partition coefficient (Wildman–Crippen LogP) is 6.36. The Labute approximate surface area is 247 Å². The fourth-order valence-corrected chi connectivity index (χ4v) is 7.14. The molecule has 0 spiro atoms. The van der Waals surface area contributed by atoms with Crippen molar-refractivity contribution in [3.63, 3.8) is 0 Å². The van der Waals surface area contributed by atoms with Crippen molar-refractivity contribution < 1.29 is 24.2 Å². The van der Waals surface area contributed by atoms with Crippen LogP contribution in [0.15, 0.2) is 58.1 Å². The number of carbonyl (C=O) groups excluding carboxylic acids is 2. The average Bonchev–Trinajstić information content (AvgIpc) is 3.63. The van der Waals surface area contributed by atoms with Crippen molar-refractivity contribution in [1.82, 2.24) is 15.2 Å². The van der Waals surface area contributed by atoms with E-state index in [-0.39, 0.29) is 10.7 Å². The number of methoxy groups -OCH3 is 2. The van der Waals surface area contributed by atoms with Crippen molar-refractivity contribution in [1.29, 1.82) is 0 Å². The third kappa shape index (κ3) is 5.31. The van der Waals surface area contributed by atoms with Crippen LogP contribution < -0.4 is 14.4 Å². The number of aliphatic hydroxyl groups excluding tert-OH is 1. The summed E-state index contributed by atoms with van der Waals surface area (Å²) in [5.41, 5.74) is 1.97. The maximum absolute atomic E-state index is 13.9. The molecule has 0 saturated heterocycles. The van der Waals surface area contributed by atoms with Gasteiger partial charge in [-0.2, -0.15) is 0 Å². The van der Waals surface area contributed by atoms with E-state index in [4.69, 9.17) is 21.1 Å². The van der Waals surface area contributed by atoms with Gasteiger partial charge in [-0.15, -0.1) is 21.5 Å². The Balaban J connectivity index is 1.56. The minimum absolute atomic E-state index is 0.0780. The number of Topliss-reactive ketones (excluding diaryl/α,β-unsaturated/α-hetero) is 1. The van der Waals surface area contributed by atoms with Gasteiger partial charge in [-0.05, 0) is 43.7 Å². The Hall–Kier alpha value is -3.45. The highest BCUT2D eigenvalue weighted by molar-refractivity contribution is 8.00. The molecule has 0 fully saturated rings. The van der Waals surface area contributed by atoms with E-state index < -0.39 is 23.5 Å². The number of ketones is 1. The highest BCUT2D eigenvalue weighted by atomic mass is 35.5. The molecule has 1 aliphatic rings. The molecule has 5 rings (SSSR count). The molecule has 2 aromatic heterocycles. The van der Waals surface area contributed by atoms with Gasteiger partial charge in [0.05, 0.1) is 35.4 Å². The highest BCUT2D eigenvalue weighted by Crippen LogP contribution is 2.47. The summed E-state index contributed by atoms with van der Waals surface area (Å²) in [6.07, 6.45) is 0. The second-order valence-electron chi connectivity index (χ2n) is 8.69. The monoisotopic (exact) mass is 614 g/mol. The van der Waals surface area contributed by atoms with Crippen LogP contribution in [0.25, 0.3) is 0 Å². The zero-order chi connectivity index (χ0) is 28.6. The number of anilines is 1. The van der Waals surface area contributed by atoms with Crippen molar-refractivity contribution in [2.24, 2.45) is 0 Å². The minimum Gasteiger partial charge on any atom is -0.503 e. The molecule has 13 heteroatoms. The van der Waals surface area contributed by atoms with E-state index in [2.05, 4.69) is 15.2 Å². The first kappa shape index (κ1) is 28.1. The van der Waals surface area contributed by atoms with Crippen LogP contribution in [0.3, 0.4) is 0 Å². The van der Waals surface area contributed by atoms with Gasteiger partial charge in [-0.25, -0.2) is 4.98 Å². The molecule has 3 heterocycles. The predicted molar refractivity (Wildman–Crippen MR) is 156 cm³/mol. The molecular formula is C27H23ClN4O5S3. The van der Waals surface area contributed by atoms with Gasteiger partial charge in [-0.1, -0.05) is 46.8 Å². The number of nitrogens with zero attached hydrogens (tertiary/aromatic N) is 4. The average molecular weight is 615 g/mol. The summed E-state index contributed by atoms with van der Waals surface area (Å²) < 4.78 is 11.6. The molecule has 9 nitrogen and oxygen atoms in total. The van der Waals surface area contributed by atoms with Crippen LogP contribution in [0.1, 0.15) is 37.5 Å². The van der Waals surface area contributed by atoms with Crippen LogP contribution in [0.4, 0.5) is 5.13 Å². The molecule has 1 atom stereocenters. The van der Waals surface area contributed by atoms with Crippen LogP contribution in [0.2, 0.25) is 5.02 Å². The van der Waals surface area contributed by atoms with Crippen molar-refractivity contribution in [2.75, 3.05) is 19.1 Å². The summed E-state index contributed by atoms with van der Waals surface area (Å²) in [6.45, 7) is 3.52. The number of aromatic nitrogens is 3. The first-order chi connectivity index (χ1) is 19.2. The summed E-state index contributed by atoms with van der Waals surface area (Å²) in [6, 6.07) is 11.5. The Kier molecular flexibility index (Phi) is 8.13. The van der Waals surface area contributed by atoms with E-state index >= 15 is 0 Å². The molecule has 1 amide bonds. The fourth-order valence-electron chi connectivity index (χ4n) is 4.32. The molecule has 1 aliphatic heterocycles. The van der Waals surface area contributed by atoms with Gasteiger partial charge in [0, 0.05) is 22.4 Å². The number of rotatable bonds is 9. The van der Waals surface area contributed by atoms with Gasteiger partial charge in [0.15, 0.2) is 10.1 Å². The Morgan fingerprint density at radius 3 is 2.50 bits per heavy atom. The number of carbonyl (C=O) groups is 2. The van der Waals surface area contributed by atoms with E-state index in [1.165, 1.54) is 53.6 Å². The molecule has 0 bridgehead atoms. The molecule has 1 unspecified atom stereocenters. The van der Waals surface area contributed by atoms with Crippen molar-refractivity contribution in [3.8, 4) is 11.5 Å². The van der Waals surface area contributed by atoms with Gasteiger partial charge >= 0.3 is 0 Å². The van der Waals surface area contributed by atoms with E-state index in [1.807, 2.05) is 24.3 Å². The maximum Gasteiger partial charge on any atom is 0.296 e. The number of hydrogen-bond acceptors (Lipinski definition) is 11.